The largest absolute Gasteiger partial charge is 0.453 e. The normalized spacial score (nSPS) is 13.3. The van der Waals surface area contributed by atoms with Gasteiger partial charge in [-0.1, -0.05) is 26.7 Å². The lowest BCUT2D eigenvalue weighted by Gasteiger charge is -2.20. The molecule has 1 aromatic rings. The van der Waals surface area contributed by atoms with Gasteiger partial charge in [-0.15, -0.1) is 0 Å². The van der Waals surface area contributed by atoms with E-state index in [0.29, 0.717) is 19.0 Å². The number of nitrogens with one attached hydrogen (secondary N) is 1. The Hall–Kier alpha value is -0.320. The average molecular weight is 290 g/mol. The monoisotopic (exact) mass is 289 g/mol. The highest BCUT2D eigenvalue weighted by atomic mass is 79.9. The smallest absolute Gasteiger partial charge is 0.169 e. The van der Waals surface area contributed by atoms with Crippen molar-refractivity contribution in [2.45, 2.75) is 39.3 Å². The highest BCUT2D eigenvalue weighted by Gasteiger charge is 2.14. The summed E-state index contributed by atoms with van der Waals surface area (Å²) in [7, 11) is 0. The molecule has 0 saturated carbocycles. The van der Waals surface area contributed by atoms with Crippen LogP contribution in [-0.2, 0) is 6.54 Å². The van der Waals surface area contributed by atoms with Crippen molar-refractivity contribution in [3.8, 4) is 0 Å². The van der Waals surface area contributed by atoms with Gasteiger partial charge in [0, 0.05) is 6.54 Å². The Bertz CT molecular complexity index is 297. The standard InChI is InChI=1S/C12H20BrNO2/c1-3-9(4-2)11(15)8-14-7-10-5-6-12(13)16-10/h5-6,9,11,14-15H,3-4,7-8H2,1-2H3. The van der Waals surface area contributed by atoms with E-state index in [1.54, 1.807) is 0 Å². The van der Waals surface area contributed by atoms with Crippen LogP contribution in [0.25, 0.3) is 0 Å². The van der Waals surface area contributed by atoms with E-state index in [0.717, 1.165) is 23.3 Å². The molecule has 0 aliphatic carbocycles. The molecule has 1 rings (SSSR count). The molecule has 1 heterocycles. The zero-order chi connectivity index (χ0) is 12.0. The summed E-state index contributed by atoms with van der Waals surface area (Å²) in [5, 5.41) is 13.1. The highest BCUT2D eigenvalue weighted by Crippen LogP contribution is 2.14. The molecule has 0 bridgehead atoms. The Morgan fingerprint density at radius 1 is 1.38 bits per heavy atom. The summed E-state index contributed by atoms with van der Waals surface area (Å²) in [4.78, 5) is 0. The molecule has 0 aliphatic heterocycles. The molecule has 1 atom stereocenters. The summed E-state index contributed by atoms with van der Waals surface area (Å²) in [5.41, 5.74) is 0. The van der Waals surface area contributed by atoms with Crippen molar-refractivity contribution < 1.29 is 9.52 Å². The lowest BCUT2D eigenvalue weighted by molar-refractivity contribution is 0.101. The minimum atomic E-state index is -0.270. The minimum absolute atomic E-state index is 0.270. The van der Waals surface area contributed by atoms with Crippen molar-refractivity contribution >= 4 is 15.9 Å². The fourth-order valence-corrected chi connectivity index (χ4v) is 2.13. The first-order valence-electron chi connectivity index (χ1n) is 5.80. The van der Waals surface area contributed by atoms with Gasteiger partial charge < -0.3 is 14.8 Å². The molecular formula is C12H20BrNO2. The first kappa shape index (κ1) is 13.7. The van der Waals surface area contributed by atoms with E-state index in [4.69, 9.17) is 4.42 Å². The molecule has 0 fully saturated rings. The van der Waals surface area contributed by atoms with Crippen molar-refractivity contribution in [1.29, 1.82) is 0 Å². The second kappa shape index (κ2) is 7.09. The van der Waals surface area contributed by atoms with E-state index in [-0.39, 0.29) is 6.10 Å². The molecule has 0 saturated heterocycles. The van der Waals surface area contributed by atoms with E-state index in [1.807, 2.05) is 12.1 Å². The van der Waals surface area contributed by atoms with Crippen LogP contribution < -0.4 is 5.32 Å². The average Bonchev–Trinajstić information content (AvgIpc) is 2.66. The van der Waals surface area contributed by atoms with E-state index < -0.39 is 0 Å². The van der Waals surface area contributed by atoms with Gasteiger partial charge in [-0.05, 0) is 34.0 Å². The first-order valence-corrected chi connectivity index (χ1v) is 6.59. The van der Waals surface area contributed by atoms with Crippen LogP contribution in [0.3, 0.4) is 0 Å². The van der Waals surface area contributed by atoms with E-state index in [1.165, 1.54) is 0 Å². The molecule has 4 heteroatoms. The zero-order valence-corrected chi connectivity index (χ0v) is 11.5. The molecule has 1 unspecified atom stereocenters. The van der Waals surface area contributed by atoms with Crippen molar-refractivity contribution in [2.75, 3.05) is 6.54 Å². The van der Waals surface area contributed by atoms with E-state index in [9.17, 15) is 5.11 Å². The van der Waals surface area contributed by atoms with Crippen molar-refractivity contribution in [2.24, 2.45) is 5.92 Å². The molecule has 2 N–H and O–H groups in total. The van der Waals surface area contributed by atoms with Gasteiger partial charge in [0.1, 0.15) is 5.76 Å². The van der Waals surface area contributed by atoms with Crippen molar-refractivity contribution in [3.63, 3.8) is 0 Å². The lowest BCUT2D eigenvalue weighted by Crippen LogP contribution is -2.32. The highest BCUT2D eigenvalue weighted by molar-refractivity contribution is 9.10. The Morgan fingerprint density at radius 3 is 2.56 bits per heavy atom. The van der Waals surface area contributed by atoms with E-state index in [2.05, 4.69) is 35.1 Å². The molecule has 0 amide bonds. The van der Waals surface area contributed by atoms with Gasteiger partial charge in [-0.3, -0.25) is 0 Å². The van der Waals surface area contributed by atoms with Crippen LogP contribution in [0.4, 0.5) is 0 Å². The number of hydrogen-bond donors (Lipinski definition) is 2. The summed E-state index contributed by atoms with van der Waals surface area (Å²) in [6, 6.07) is 3.79. The summed E-state index contributed by atoms with van der Waals surface area (Å²) >= 11 is 3.25. The Morgan fingerprint density at radius 2 is 2.06 bits per heavy atom. The Kier molecular flexibility index (Phi) is 6.09. The van der Waals surface area contributed by atoms with Gasteiger partial charge in [0.2, 0.25) is 0 Å². The van der Waals surface area contributed by atoms with Gasteiger partial charge >= 0.3 is 0 Å². The Labute approximate surface area is 105 Å². The van der Waals surface area contributed by atoms with Gasteiger partial charge in [-0.2, -0.15) is 0 Å². The van der Waals surface area contributed by atoms with Crippen LogP contribution in [0.5, 0.6) is 0 Å². The lowest BCUT2D eigenvalue weighted by atomic mass is 9.96. The topological polar surface area (TPSA) is 45.4 Å². The van der Waals surface area contributed by atoms with Gasteiger partial charge in [0.15, 0.2) is 4.67 Å². The SMILES string of the molecule is CCC(CC)C(O)CNCc1ccc(Br)o1. The van der Waals surface area contributed by atoms with Crippen molar-refractivity contribution in [1.82, 2.24) is 5.32 Å². The molecule has 0 aromatic carbocycles. The molecule has 0 spiro atoms. The van der Waals surface area contributed by atoms with Crippen LogP contribution in [0.15, 0.2) is 21.2 Å². The van der Waals surface area contributed by atoms with Crippen molar-refractivity contribution in [3.05, 3.63) is 22.6 Å². The van der Waals surface area contributed by atoms with Crippen LogP contribution in [-0.4, -0.2) is 17.8 Å². The molecule has 0 aliphatic rings. The molecule has 92 valence electrons. The number of hydrogen-bond acceptors (Lipinski definition) is 3. The molecule has 3 nitrogen and oxygen atoms in total. The maximum atomic E-state index is 9.89. The summed E-state index contributed by atoms with van der Waals surface area (Å²) in [5.74, 6) is 1.26. The Balaban J connectivity index is 2.24. The number of aliphatic hydroxyl groups excluding tert-OH is 1. The van der Waals surface area contributed by atoms with Crippen LogP contribution in [0.2, 0.25) is 0 Å². The van der Waals surface area contributed by atoms with Gasteiger partial charge in [0.25, 0.3) is 0 Å². The molecular weight excluding hydrogens is 270 g/mol. The molecule has 1 aromatic heterocycles. The fourth-order valence-electron chi connectivity index (χ4n) is 1.79. The third-order valence-electron chi connectivity index (χ3n) is 2.87. The number of furan rings is 1. The summed E-state index contributed by atoms with van der Waals surface area (Å²) in [6.45, 7) is 5.50. The summed E-state index contributed by atoms with van der Waals surface area (Å²) < 4.78 is 6.09. The van der Waals surface area contributed by atoms with Crippen LogP contribution >= 0.6 is 15.9 Å². The van der Waals surface area contributed by atoms with Gasteiger partial charge in [-0.25, -0.2) is 0 Å². The predicted molar refractivity (Wildman–Crippen MR) is 68.2 cm³/mol. The first-order chi connectivity index (χ1) is 7.67. The number of aliphatic hydroxyl groups is 1. The molecule has 0 radical (unpaired) electrons. The second-order valence-electron chi connectivity index (χ2n) is 3.98. The quantitative estimate of drug-likeness (QED) is 0.811. The van der Waals surface area contributed by atoms with E-state index >= 15 is 0 Å². The zero-order valence-electron chi connectivity index (χ0n) is 9.87. The third-order valence-corrected chi connectivity index (χ3v) is 3.30. The molecule has 16 heavy (non-hydrogen) atoms. The number of rotatable bonds is 7. The summed E-state index contributed by atoms with van der Waals surface area (Å²) in [6.07, 6.45) is 1.77. The van der Waals surface area contributed by atoms with Crippen LogP contribution in [0, 0.1) is 5.92 Å². The third kappa shape index (κ3) is 4.28. The predicted octanol–water partition coefficient (Wildman–Crippen LogP) is 2.93. The second-order valence-corrected chi connectivity index (χ2v) is 4.76. The minimum Gasteiger partial charge on any atom is -0.453 e. The van der Waals surface area contributed by atoms with Gasteiger partial charge in [0.05, 0.1) is 12.6 Å². The maximum absolute atomic E-state index is 9.89. The van der Waals surface area contributed by atoms with Crippen LogP contribution in [0.1, 0.15) is 32.4 Å². The maximum Gasteiger partial charge on any atom is 0.169 e. The number of halogens is 1. The fraction of sp³-hybridized carbons (Fsp3) is 0.667.